The van der Waals surface area contributed by atoms with E-state index in [1.54, 1.807) is 0 Å². The topological polar surface area (TPSA) is 45.2 Å². The third kappa shape index (κ3) is 3.82. The van der Waals surface area contributed by atoms with Crippen molar-refractivity contribution in [1.29, 1.82) is 0 Å². The maximum absolute atomic E-state index is 4.61. The molecule has 0 aliphatic carbocycles. The van der Waals surface area contributed by atoms with Crippen LogP contribution in [-0.4, -0.2) is 52.3 Å². The van der Waals surface area contributed by atoms with E-state index >= 15 is 0 Å². The Kier molecular flexibility index (Phi) is 5.56. The zero-order valence-corrected chi connectivity index (χ0v) is 18.6. The molecule has 5 heteroatoms. The van der Waals surface area contributed by atoms with E-state index in [0.29, 0.717) is 12.0 Å². The Hall–Kier alpha value is -2.79. The maximum Gasteiger partial charge on any atom is 0.151 e. The molecule has 2 aromatic heterocycles. The van der Waals surface area contributed by atoms with Crippen molar-refractivity contribution in [3.05, 3.63) is 60.8 Å². The van der Waals surface area contributed by atoms with Crippen LogP contribution < -0.4 is 4.90 Å². The quantitative estimate of drug-likeness (QED) is 0.631. The Labute approximate surface area is 179 Å². The van der Waals surface area contributed by atoms with Crippen LogP contribution in [0.25, 0.3) is 22.5 Å². The van der Waals surface area contributed by atoms with Crippen LogP contribution in [0, 0.1) is 5.92 Å². The second kappa shape index (κ2) is 8.15. The number of pyridine rings is 1. The van der Waals surface area contributed by atoms with Gasteiger partial charge in [0.15, 0.2) is 5.82 Å². The van der Waals surface area contributed by atoms with Gasteiger partial charge in [-0.25, -0.2) is 0 Å². The summed E-state index contributed by atoms with van der Waals surface area (Å²) in [6.45, 7) is 8.10. The molecular formula is C25H31N5. The van der Waals surface area contributed by atoms with Gasteiger partial charge in [-0.3, -0.25) is 4.98 Å². The molecule has 5 nitrogen and oxygen atoms in total. The number of likely N-dealkylation sites (tertiary alicyclic amines) is 1. The van der Waals surface area contributed by atoms with Gasteiger partial charge < -0.3 is 9.80 Å². The molecule has 0 spiro atoms. The van der Waals surface area contributed by atoms with Gasteiger partial charge >= 0.3 is 0 Å². The number of hydrogen-bond donors (Lipinski definition) is 0. The van der Waals surface area contributed by atoms with Crippen LogP contribution in [0.1, 0.15) is 27.2 Å². The molecular weight excluding hydrogens is 370 g/mol. The van der Waals surface area contributed by atoms with Crippen molar-refractivity contribution in [2.75, 3.05) is 25.5 Å². The Morgan fingerprint density at radius 1 is 0.933 bits per heavy atom. The summed E-state index contributed by atoms with van der Waals surface area (Å²) < 4.78 is 0. The largest absolute Gasteiger partial charge is 0.355 e. The number of benzene rings is 1. The lowest BCUT2D eigenvalue weighted by atomic mass is 9.77. The highest BCUT2D eigenvalue weighted by Gasteiger charge is 2.41. The summed E-state index contributed by atoms with van der Waals surface area (Å²) in [6, 6.07) is 18.9. The predicted octanol–water partition coefficient (Wildman–Crippen LogP) is 4.76. The molecule has 4 rings (SSSR count). The molecule has 0 amide bonds. The van der Waals surface area contributed by atoms with Crippen LogP contribution in [0.2, 0.25) is 0 Å². The molecule has 3 aromatic rings. The minimum absolute atomic E-state index is 0.163. The van der Waals surface area contributed by atoms with Crippen LogP contribution in [0.5, 0.6) is 0 Å². The summed E-state index contributed by atoms with van der Waals surface area (Å²) in [7, 11) is 4.36. The highest BCUT2D eigenvalue weighted by Crippen LogP contribution is 2.35. The van der Waals surface area contributed by atoms with Crippen LogP contribution in [-0.2, 0) is 0 Å². The molecule has 0 N–H and O–H groups in total. The number of piperidine rings is 1. The third-order valence-electron chi connectivity index (χ3n) is 7.07. The minimum atomic E-state index is 0.163. The standard InChI is InChI=1S/C25H31N5/c1-18-23(15-16-29(4)25(18,2)3)30(5)24-14-13-22(27-28-24)20-11-12-21(26-17-20)19-9-7-6-8-10-19/h6-14,17-18,23H,15-16H2,1-5H3. The Morgan fingerprint density at radius 2 is 1.67 bits per heavy atom. The van der Waals surface area contributed by atoms with Gasteiger partial charge in [0, 0.05) is 42.5 Å². The zero-order chi connectivity index (χ0) is 21.3. The van der Waals surface area contributed by atoms with Gasteiger partial charge in [0.25, 0.3) is 0 Å². The molecule has 156 valence electrons. The highest BCUT2D eigenvalue weighted by atomic mass is 15.3. The number of hydrogen-bond acceptors (Lipinski definition) is 5. The minimum Gasteiger partial charge on any atom is -0.355 e. The molecule has 1 aromatic carbocycles. The molecule has 1 aliphatic rings. The van der Waals surface area contributed by atoms with Gasteiger partial charge in [-0.1, -0.05) is 37.3 Å². The summed E-state index contributed by atoms with van der Waals surface area (Å²) in [5, 5.41) is 9.05. The van der Waals surface area contributed by atoms with Crippen LogP contribution in [0.4, 0.5) is 5.82 Å². The van der Waals surface area contributed by atoms with E-state index in [1.165, 1.54) is 0 Å². The van der Waals surface area contributed by atoms with Crippen LogP contribution >= 0.6 is 0 Å². The van der Waals surface area contributed by atoms with E-state index < -0.39 is 0 Å². The fraction of sp³-hybridized carbons (Fsp3) is 0.400. The summed E-state index contributed by atoms with van der Waals surface area (Å²) in [6.07, 6.45) is 3.00. The SMILES string of the molecule is CC1C(N(C)c2ccc(-c3ccc(-c4ccccc4)nc3)nn2)CCN(C)C1(C)C. The summed E-state index contributed by atoms with van der Waals surface area (Å²) >= 11 is 0. The lowest BCUT2D eigenvalue weighted by Crippen LogP contribution is -2.59. The van der Waals surface area contributed by atoms with E-state index in [4.69, 9.17) is 0 Å². The molecule has 0 saturated carbocycles. The second-order valence-electron chi connectivity index (χ2n) is 8.91. The van der Waals surface area contributed by atoms with Crippen LogP contribution in [0.15, 0.2) is 60.8 Å². The van der Waals surface area contributed by atoms with Crippen molar-refractivity contribution < 1.29 is 0 Å². The molecule has 2 unspecified atom stereocenters. The molecule has 1 saturated heterocycles. The lowest BCUT2D eigenvalue weighted by molar-refractivity contribution is 0.0391. The molecule has 1 aliphatic heterocycles. The Morgan fingerprint density at radius 3 is 2.30 bits per heavy atom. The van der Waals surface area contributed by atoms with Crippen molar-refractivity contribution in [3.63, 3.8) is 0 Å². The number of nitrogens with zero attached hydrogens (tertiary/aromatic N) is 5. The molecule has 2 atom stereocenters. The molecule has 30 heavy (non-hydrogen) atoms. The summed E-state index contributed by atoms with van der Waals surface area (Å²) in [5.41, 5.74) is 4.06. The average Bonchev–Trinajstić information content (AvgIpc) is 2.78. The first-order chi connectivity index (χ1) is 14.4. The first kappa shape index (κ1) is 20.5. The fourth-order valence-corrected chi connectivity index (χ4v) is 4.37. The van der Waals surface area contributed by atoms with Crippen molar-refractivity contribution in [2.45, 2.75) is 38.8 Å². The van der Waals surface area contributed by atoms with Gasteiger partial charge in [0.2, 0.25) is 0 Å². The zero-order valence-electron chi connectivity index (χ0n) is 18.6. The summed E-state index contributed by atoms with van der Waals surface area (Å²) in [4.78, 5) is 9.37. The first-order valence-corrected chi connectivity index (χ1v) is 10.7. The predicted molar refractivity (Wildman–Crippen MR) is 123 cm³/mol. The Bertz CT molecular complexity index is 967. The van der Waals surface area contributed by atoms with Gasteiger partial charge in [-0.2, -0.15) is 0 Å². The number of aromatic nitrogens is 3. The van der Waals surface area contributed by atoms with Gasteiger partial charge in [0.05, 0.1) is 11.4 Å². The van der Waals surface area contributed by atoms with Crippen molar-refractivity contribution in [2.24, 2.45) is 5.92 Å². The first-order valence-electron chi connectivity index (χ1n) is 10.7. The molecule has 0 radical (unpaired) electrons. The number of rotatable bonds is 4. The van der Waals surface area contributed by atoms with E-state index in [2.05, 4.69) is 84.1 Å². The van der Waals surface area contributed by atoms with Gasteiger partial charge in [-0.15, -0.1) is 10.2 Å². The molecule has 3 heterocycles. The second-order valence-corrected chi connectivity index (χ2v) is 8.91. The fourth-order valence-electron chi connectivity index (χ4n) is 4.37. The smallest absolute Gasteiger partial charge is 0.151 e. The lowest BCUT2D eigenvalue weighted by Gasteiger charge is -2.51. The number of anilines is 1. The van der Waals surface area contributed by atoms with Crippen molar-refractivity contribution >= 4 is 5.82 Å². The monoisotopic (exact) mass is 401 g/mol. The normalized spacial score (nSPS) is 21.4. The Balaban J connectivity index is 1.50. The third-order valence-corrected chi connectivity index (χ3v) is 7.07. The van der Waals surface area contributed by atoms with Crippen LogP contribution in [0.3, 0.4) is 0 Å². The maximum atomic E-state index is 4.61. The van der Waals surface area contributed by atoms with E-state index in [0.717, 1.165) is 41.3 Å². The van der Waals surface area contributed by atoms with E-state index in [1.807, 2.05) is 36.5 Å². The van der Waals surface area contributed by atoms with E-state index in [-0.39, 0.29) is 5.54 Å². The van der Waals surface area contributed by atoms with Crippen molar-refractivity contribution in [1.82, 2.24) is 20.1 Å². The highest BCUT2D eigenvalue weighted by molar-refractivity contribution is 5.64. The van der Waals surface area contributed by atoms with Gasteiger partial charge in [0.1, 0.15) is 0 Å². The molecule has 0 bridgehead atoms. The van der Waals surface area contributed by atoms with Crippen molar-refractivity contribution in [3.8, 4) is 22.5 Å². The molecule has 1 fully saturated rings. The summed E-state index contributed by atoms with van der Waals surface area (Å²) in [5.74, 6) is 1.45. The average molecular weight is 402 g/mol. The van der Waals surface area contributed by atoms with Gasteiger partial charge in [-0.05, 0) is 57.5 Å². The van der Waals surface area contributed by atoms with E-state index in [9.17, 15) is 0 Å².